The van der Waals surface area contributed by atoms with E-state index in [2.05, 4.69) is 0 Å². The Morgan fingerprint density at radius 1 is 1.53 bits per heavy atom. The number of carboxylic acid groups (broad SMARTS) is 1. The molecule has 0 aromatic heterocycles. The zero-order valence-electron chi connectivity index (χ0n) is 8.69. The molecule has 4 nitrogen and oxygen atoms in total. The molecule has 1 heterocycles. The van der Waals surface area contributed by atoms with Gasteiger partial charge in [0.1, 0.15) is 5.82 Å². The predicted molar refractivity (Wildman–Crippen MR) is 59.5 cm³/mol. The largest absolute Gasteiger partial charge is 0.481 e. The Kier molecular flexibility index (Phi) is 3.02. The molecule has 0 bridgehead atoms. The van der Waals surface area contributed by atoms with E-state index in [4.69, 9.17) is 16.7 Å². The molecule has 0 aliphatic carbocycles. The smallest absolute Gasteiger partial charge is 0.308 e. The second-order valence-corrected chi connectivity index (χ2v) is 4.28. The van der Waals surface area contributed by atoms with Crippen LogP contribution in [0, 0.1) is 11.7 Å². The Morgan fingerprint density at radius 3 is 2.82 bits per heavy atom. The topological polar surface area (TPSA) is 57.6 Å². The zero-order chi connectivity index (χ0) is 12.6. The lowest BCUT2D eigenvalue weighted by Gasteiger charge is -2.17. The second kappa shape index (κ2) is 4.33. The second-order valence-electron chi connectivity index (χ2n) is 3.84. The van der Waals surface area contributed by atoms with E-state index in [-0.39, 0.29) is 18.7 Å². The van der Waals surface area contributed by atoms with Gasteiger partial charge >= 0.3 is 5.97 Å². The van der Waals surface area contributed by atoms with Gasteiger partial charge in [0.05, 0.1) is 11.6 Å². The van der Waals surface area contributed by atoms with E-state index in [0.29, 0.717) is 5.02 Å². The number of nitrogens with zero attached hydrogens (tertiary/aromatic N) is 1. The summed E-state index contributed by atoms with van der Waals surface area (Å²) in [4.78, 5) is 23.5. The van der Waals surface area contributed by atoms with E-state index in [1.54, 1.807) is 0 Å². The van der Waals surface area contributed by atoms with Gasteiger partial charge in [0, 0.05) is 18.0 Å². The lowest BCUT2D eigenvalue weighted by Crippen LogP contribution is -2.26. The number of rotatable bonds is 2. The first-order valence-corrected chi connectivity index (χ1v) is 5.35. The van der Waals surface area contributed by atoms with Crippen molar-refractivity contribution in [3.63, 3.8) is 0 Å². The van der Waals surface area contributed by atoms with Gasteiger partial charge in [-0.3, -0.25) is 9.59 Å². The summed E-state index contributed by atoms with van der Waals surface area (Å²) in [6, 6.07) is 3.84. The Morgan fingerprint density at radius 2 is 2.24 bits per heavy atom. The van der Waals surface area contributed by atoms with Gasteiger partial charge in [-0.25, -0.2) is 4.39 Å². The number of benzene rings is 1. The standard InChI is InChI=1S/C11H9ClFNO3/c12-7-1-2-8(13)9(4-7)14-5-6(11(16)17)3-10(14)15/h1-2,4,6H,3,5H2,(H,16,17). The summed E-state index contributed by atoms with van der Waals surface area (Å²) in [5.41, 5.74) is 0.0336. The average Bonchev–Trinajstić information content (AvgIpc) is 2.64. The van der Waals surface area contributed by atoms with Crippen LogP contribution in [-0.2, 0) is 9.59 Å². The van der Waals surface area contributed by atoms with Crippen molar-refractivity contribution in [2.45, 2.75) is 6.42 Å². The number of hydrogen-bond acceptors (Lipinski definition) is 2. The molecular weight excluding hydrogens is 249 g/mol. The van der Waals surface area contributed by atoms with Gasteiger partial charge in [-0.1, -0.05) is 11.6 Å². The number of carboxylic acids is 1. The average molecular weight is 258 g/mol. The first-order chi connectivity index (χ1) is 7.99. The van der Waals surface area contributed by atoms with Gasteiger partial charge in [-0.15, -0.1) is 0 Å². The monoisotopic (exact) mass is 257 g/mol. The number of halogens is 2. The summed E-state index contributed by atoms with van der Waals surface area (Å²) in [6.45, 7) is -0.0224. The lowest BCUT2D eigenvalue weighted by atomic mass is 10.1. The fourth-order valence-corrected chi connectivity index (χ4v) is 1.96. The number of amides is 1. The highest BCUT2D eigenvalue weighted by Crippen LogP contribution is 2.29. The van der Waals surface area contributed by atoms with Crippen molar-refractivity contribution in [2.75, 3.05) is 11.4 Å². The third-order valence-electron chi connectivity index (χ3n) is 2.67. The first kappa shape index (κ1) is 11.9. The van der Waals surface area contributed by atoms with Crippen LogP contribution in [0.4, 0.5) is 10.1 Å². The van der Waals surface area contributed by atoms with E-state index >= 15 is 0 Å². The van der Waals surface area contributed by atoms with Gasteiger partial charge in [-0.2, -0.15) is 0 Å². The van der Waals surface area contributed by atoms with Gasteiger partial charge in [0.2, 0.25) is 5.91 Å². The predicted octanol–water partition coefficient (Wildman–Crippen LogP) is 1.92. The van der Waals surface area contributed by atoms with Crippen molar-refractivity contribution in [1.29, 1.82) is 0 Å². The Bertz CT molecular complexity index is 492. The van der Waals surface area contributed by atoms with Crippen LogP contribution in [0.2, 0.25) is 5.02 Å². The molecule has 0 radical (unpaired) electrons. The molecule has 1 atom stereocenters. The van der Waals surface area contributed by atoms with Crippen LogP contribution in [0.1, 0.15) is 6.42 Å². The third kappa shape index (κ3) is 2.24. The van der Waals surface area contributed by atoms with Gasteiger partial charge in [0.15, 0.2) is 0 Å². The molecule has 17 heavy (non-hydrogen) atoms. The van der Waals surface area contributed by atoms with E-state index in [1.165, 1.54) is 12.1 Å². The summed E-state index contributed by atoms with van der Waals surface area (Å²) in [5, 5.41) is 9.12. The summed E-state index contributed by atoms with van der Waals surface area (Å²) in [5.74, 6) is -2.84. The lowest BCUT2D eigenvalue weighted by molar-refractivity contribution is -0.141. The van der Waals surface area contributed by atoms with Crippen LogP contribution in [0.25, 0.3) is 0 Å². The quantitative estimate of drug-likeness (QED) is 0.881. The molecule has 2 rings (SSSR count). The van der Waals surface area contributed by atoms with Crippen LogP contribution in [0.15, 0.2) is 18.2 Å². The number of aliphatic carboxylic acids is 1. The summed E-state index contributed by atoms with van der Waals surface area (Å²) >= 11 is 5.72. The Balaban J connectivity index is 2.32. The molecule has 1 aromatic rings. The minimum Gasteiger partial charge on any atom is -0.481 e. The molecule has 0 saturated carbocycles. The summed E-state index contributed by atoms with van der Waals surface area (Å²) in [6.07, 6.45) is -0.110. The summed E-state index contributed by atoms with van der Waals surface area (Å²) in [7, 11) is 0. The zero-order valence-corrected chi connectivity index (χ0v) is 9.45. The van der Waals surface area contributed by atoms with Crippen molar-refractivity contribution < 1.29 is 19.1 Å². The molecular formula is C11H9ClFNO3. The van der Waals surface area contributed by atoms with Crippen LogP contribution >= 0.6 is 11.6 Å². The minimum absolute atomic E-state index is 0.0224. The van der Waals surface area contributed by atoms with Crippen molar-refractivity contribution in [2.24, 2.45) is 5.92 Å². The molecule has 1 saturated heterocycles. The van der Waals surface area contributed by atoms with Crippen molar-refractivity contribution in [3.8, 4) is 0 Å². The maximum absolute atomic E-state index is 13.5. The van der Waals surface area contributed by atoms with Crippen LogP contribution < -0.4 is 4.90 Å². The molecule has 1 amide bonds. The Labute approximate surface area is 102 Å². The SMILES string of the molecule is O=C(O)C1CC(=O)N(c2cc(Cl)ccc2F)C1. The van der Waals surface area contributed by atoms with Crippen molar-refractivity contribution in [1.82, 2.24) is 0 Å². The van der Waals surface area contributed by atoms with Crippen LogP contribution in [-0.4, -0.2) is 23.5 Å². The normalized spacial score (nSPS) is 19.8. The molecule has 1 aliphatic heterocycles. The molecule has 6 heteroatoms. The molecule has 0 spiro atoms. The number of carbonyl (C=O) groups is 2. The summed E-state index contributed by atoms with van der Waals surface area (Å²) < 4.78 is 13.5. The molecule has 1 fully saturated rings. The highest BCUT2D eigenvalue weighted by Gasteiger charge is 2.36. The number of anilines is 1. The maximum Gasteiger partial charge on any atom is 0.308 e. The molecule has 1 unspecified atom stereocenters. The minimum atomic E-state index is -1.05. The molecule has 1 aliphatic rings. The molecule has 1 N–H and O–H groups in total. The fraction of sp³-hybridized carbons (Fsp3) is 0.273. The number of carbonyl (C=O) groups excluding carboxylic acids is 1. The van der Waals surface area contributed by atoms with Crippen LogP contribution in [0.5, 0.6) is 0 Å². The van der Waals surface area contributed by atoms with Gasteiger partial charge < -0.3 is 10.0 Å². The third-order valence-corrected chi connectivity index (χ3v) is 2.91. The molecule has 1 aromatic carbocycles. The van der Waals surface area contributed by atoms with Crippen molar-refractivity contribution >= 4 is 29.2 Å². The molecule has 90 valence electrons. The van der Waals surface area contributed by atoms with Crippen LogP contribution in [0.3, 0.4) is 0 Å². The Hall–Kier alpha value is -1.62. The fourth-order valence-electron chi connectivity index (χ4n) is 1.80. The van der Waals surface area contributed by atoms with Gasteiger partial charge in [-0.05, 0) is 18.2 Å². The highest BCUT2D eigenvalue weighted by atomic mass is 35.5. The number of hydrogen-bond donors (Lipinski definition) is 1. The van der Waals surface area contributed by atoms with Crippen molar-refractivity contribution in [3.05, 3.63) is 29.0 Å². The van der Waals surface area contributed by atoms with E-state index in [9.17, 15) is 14.0 Å². The maximum atomic E-state index is 13.5. The van der Waals surface area contributed by atoms with E-state index < -0.39 is 23.6 Å². The first-order valence-electron chi connectivity index (χ1n) is 4.97. The van der Waals surface area contributed by atoms with E-state index in [1.807, 2.05) is 0 Å². The highest BCUT2D eigenvalue weighted by molar-refractivity contribution is 6.31. The van der Waals surface area contributed by atoms with E-state index in [0.717, 1.165) is 11.0 Å². The van der Waals surface area contributed by atoms with Gasteiger partial charge in [0.25, 0.3) is 0 Å².